The zero-order chi connectivity index (χ0) is 15.4. The maximum Gasteiger partial charge on any atom is 0.315 e. The van der Waals surface area contributed by atoms with Crippen LogP contribution in [0.1, 0.15) is 32.1 Å². The maximum atomic E-state index is 12.0. The van der Waals surface area contributed by atoms with Crippen molar-refractivity contribution in [3.05, 3.63) is 12.2 Å². The fraction of sp³-hybridized carbons (Fsp3) is 0.769. The Hall–Kier alpha value is -1.67. The highest BCUT2D eigenvalue weighted by Crippen LogP contribution is 2.26. The van der Waals surface area contributed by atoms with Crippen LogP contribution in [0.3, 0.4) is 0 Å². The molecule has 118 valence electrons. The first-order valence-corrected chi connectivity index (χ1v) is 7.12. The van der Waals surface area contributed by atoms with E-state index in [1.165, 1.54) is 0 Å². The number of urea groups is 1. The first-order chi connectivity index (χ1) is 10.1. The summed E-state index contributed by atoms with van der Waals surface area (Å²) in [6.45, 7) is 4.45. The smallest absolute Gasteiger partial charge is 0.315 e. The second-order valence-electron chi connectivity index (χ2n) is 5.18. The van der Waals surface area contributed by atoms with E-state index in [1.54, 1.807) is 18.0 Å². The number of hydrogen-bond acceptors (Lipinski definition) is 5. The van der Waals surface area contributed by atoms with Crippen LogP contribution >= 0.6 is 0 Å². The Bertz CT molecular complexity index is 478. The van der Waals surface area contributed by atoms with E-state index in [2.05, 4.69) is 20.8 Å². The lowest BCUT2D eigenvalue weighted by Crippen LogP contribution is -2.62. The normalized spacial score (nSPS) is 26.0. The van der Waals surface area contributed by atoms with Crippen LogP contribution in [-0.2, 0) is 16.5 Å². The van der Waals surface area contributed by atoms with E-state index in [-0.39, 0.29) is 30.3 Å². The average Bonchev–Trinajstić information content (AvgIpc) is 2.84. The fourth-order valence-corrected chi connectivity index (χ4v) is 2.57. The van der Waals surface area contributed by atoms with Crippen molar-refractivity contribution in [3.8, 4) is 0 Å². The molecule has 8 nitrogen and oxygen atoms in total. The monoisotopic (exact) mass is 297 g/mol. The van der Waals surface area contributed by atoms with Crippen molar-refractivity contribution in [3.63, 3.8) is 0 Å². The van der Waals surface area contributed by atoms with Gasteiger partial charge < -0.3 is 24.7 Å². The molecule has 0 bridgehead atoms. The zero-order valence-electron chi connectivity index (χ0n) is 12.9. The van der Waals surface area contributed by atoms with E-state index in [9.17, 15) is 4.79 Å². The summed E-state index contributed by atoms with van der Waals surface area (Å²) in [6, 6.07) is -0.494. The van der Waals surface area contributed by atoms with Crippen molar-refractivity contribution in [1.82, 2.24) is 25.4 Å². The molecular weight excluding hydrogens is 274 g/mol. The fourth-order valence-electron chi connectivity index (χ4n) is 2.57. The number of carbonyl (C=O) groups is 1. The number of carbonyl (C=O) groups excluding carboxylic acids is 1. The van der Waals surface area contributed by atoms with Crippen molar-refractivity contribution >= 4 is 6.03 Å². The molecule has 0 spiro atoms. The SMILES string of the molecule is CCO[C@@H]1C[C@H](NC(=O)N[C@H](C)c2nncn2C)[C@@H]1OC. The number of ether oxygens (including phenoxy) is 2. The standard InChI is InChI=1S/C13H23N5O3/c1-5-21-10-6-9(11(10)20-4)16-13(19)15-8(2)12-17-14-7-18(12)3/h7-11H,5-6H2,1-4H3,(H2,15,16,19)/t8-,9+,10-,11+/m1/s1. The van der Waals surface area contributed by atoms with Crippen molar-refractivity contribution < 1.29 is 14.3 Å². The summed E-state index contributed by atoms with van der Waals surface area (Å²) < 4.78 is 12.7. The highest BCUT2D eigenvalue weighted by Gasteiger charge is 2.43. The van der Waals surface area contributed by atoms with Gasteiger partial charge in [-0.05, 0) is 20.3 Å². The Morgan fingerprint density at radius 2 is 2.38 bits per heavy atom. The Balaban J connectivity index is 1.81. The van der Waals surface area contributed by atoms with Crippen molar-refractivity contribution in [2.75, 3.05) is 13.7 Å². The van der Waals surface area contributed by atoms with E-state index in [1.807, 2.05) is 20.9 Å². The highest BCUT2D eigenvalue weighted by molar-refractivity contribution is 5.74. The summed E-state index contributed by atoms with van der Waals surface area (Å²) in [5.74, 6) is 0.703. The number of rotatable bonds is 6. The van der Waals surface area contributed by atoms with Gasteiger partial charge in [0, 0.05) is 20.8 Å². The molecule has 21 heavy (non-hydrogen) atoms. The molecule has 1 saturated carbocycles. The molecular formula is C13H23N5O3. The molecule has 1 heterocycles. The Morgan fingerprint density at radius 1 is 1.62 bits per heavy atom. The van der Waals surface area contributed by atoms with Crippen LogP contribution in [0, 0.1) is 0 Å². The molecule has 2 N–H and O–H groups in total. The molecule has 1 aromatic heterocycles. The van der Waals surface area contributed by atoms with Gasteiger partial charge in [-0.2, -0.15) is 0 Å². The maximum absolute atomic E-state index is 12.0. The van der Waals surface area contributed by atoms with Crippen LogP contribution < -0.4 is 10.6 Å². The number of methoxy groups -OCH3 is 1. The molecule has 0 unspecified atom stereocenters. The summed E-state index contributed by atoms with van der Waals surface area (Å²) in [7, 11) is 3.47. The summed E-state index contributed by atoms with van der Waals surface area (Å²) in [5, 5.41) is 13.5. The van der Waals surface area contributed by atoms with Crippen molar-refractivity contribution in [2.45, 2.75) is 44.6 Å². The molecule has 2 rings (SSSR count). The van der Waals surface area contributed by atoms with Gasteiger partial charge in [-0.15, -0.1) is 10.2 Å². The average molecular weight is 297 g/mol. The molecule has 1 aromatic rings. The van der Waals surface area contributed by atoms with Gasteiger partial charge in [-0.3, -0.25) is 0 Å². The third-order valence-electron chi connectivity index (χ3n) is 3.70. The van der Waals surface area contributed by atoms with Gasteiger partial charge in [0.05, 0.1) is 18.2 Å². The molecule has 0 aliphatic heterocycles. The second kappa shape index (κ2) is 6.86. The second-order valence-corrected chi connectivity index (χ2v) is 5.18. The molecule has 1 aliphatic rings. The minimum atomic E-state index is -0.243. The summed E-state index contributed by atoms with van der Waals surface area (Å²) >= 11 is 0. The first kappa shape index (κ1) is 15.7. The van der Waals surface area contributed by atoms with Gasteiger partial charge in [-0.1, -0.05) is 0 Å². The Kier molecular flexibility index (Phi) is 5.13. The topological polar surface area (TPSA) is 90.3 Å². The quantitative estimate of drug-likeness (QED) is 0.791. The molecule has 0 saturated heterocycles. The number of nitrogens with one attached hydrogen (secondary N) is 2. The van der Waals surface area contributed by atoms with E-state index < -0.39 is 0 Å². The summed E-state index contributed by atoms with van der Waals surface area (Å²) in [5.41, 5.74) is 0. The van der Waals surface area contributed by atoms with Gasteiger partial charge in [0.25, 0.3) is 0 Å². The van der Waals surface area contributed by atoms with Gasteiger partial charge in [0.2, 0.25) is 0 Å². The van der Waals surface area contributed by atoms with Crippen LogP contribution in [0.4, 0.5) is 4.79 Å². The largest absolute Gasteiger partial charge is 0.377 e. The molecule has 1 aliphatic carbocycles. The number of nitrogens with zero attached hydrogens (tertiary/aromatic N) is 3. The Labute approximate surface area is 124 Å². The highest BCUT2D eigenvalue weighted by atomic mass is 16.5. The predicted molar refractivity (Wildman–Crippen MR) is 75.7 cm³/mol. The lowest BCUT2D eigenvalue weighted by molar-refractivity contribution is -0.128. The first-order valence-electron chi connectivity index (χ1n) is 7.12. The van der Waals surface area contributed by atoms with E-state index in [0.29, 0.717) is 12.4 Å². The predicted octanol–water partition coefficient (Wildman–Crippen LogP) is 0.368. The van der Waals surface area contributed by atoms with Gasteiger partial charge >= 0.3 is 6.03 Å². The number of hydrogen-bond donors (Lipinski definition) is 2. The molecule has 2 amide bonds. The van der Waals surface area contributed by atoms with Crippen molar-refractivity contribution in [1.29, 1.82) is 0 Å². The third-order valence-corrected chi connectivity index (χ3v) is 3.70. The number of aromatic nitrogens is 3. The van der Waals surface area contributed by atoms with Crippen molar-refractivity contribution in [2.24, 2.45) is 7.05 Å². The molecule has 8 heteroatoms. The molecule has 0 radical (unpaired) electrons. The number of amides is 2. The summed E-state index contributed by atoms with van der Waals surface area (Å²) in [6.07, 6.45) is 2.32. The van der Waals surface area contributed by atoms with E-state index in [4.69, 9.17) is 9.47 Å². The molecule has 4 atom stereocenters. The van der Waals surface area contributed by atoms with Crippen LogP contribution in [0.15, 0.2) is 6.33 Å². The zero-order valence-corrected chi connectivity index (χ0v) is 12.9. The van der Waals surface area contributed by atoms with Crippen LogP contribution in [0.25, 0.3) is 0 Å². The minimum Gasteiger partial charge on any atom is -0.377 e. The van der Waals surface area contributed by atoms with E-state index >= 15 is 0 Å². The summed E-state index contributed by atoms with van der Waals surface area (Å²) in [4.78, 5) is 12.0. The van der Waals surface area contributed by atoms with Crippen LogP contribution in [-0.4, -0.2) is 52.8 Å². The van der Waals surface area contributed by atoms with Gasteiger partial charge in [0.15, 0.2) is 5.82 Å². The number of aryl methyl sites for hydroxylation is 1. The van der Waals surface area contributed by atoms with E-state index in [0.717, 1.165) is 6.42 Å². The van der Waals surface area contributed by atoms with Crippen LogP contribution in [0.2, 0.25) is 0 Å². The third kappa shape index (κ3) is 3.51. The minimum absolute atomic E-state index is 0.0294. The molecule has 0 aromatic carbocycles. The van der Waals surface area contributed by atoms with Gasteiger partial charge in [0.1, 0.15) is 12.4 Å². The molecule has 1 fully saturated rings. The van der Waals surface area contributed by atoms with Gasteiger partial charge in [-0.25, -0.2) is 4.79 Å². The lowest BCUT2D eigenvalue weighted by Gasteiger charge is -2.43. The lowest BCUT2D eigenvalue weighted by atomic mass is 9.85. The van der Waals surface area contributed by atoms with Crippen LogP contribution in [0.5, 0.6) is 0 Å². The Morgan fingerprint density at radius 3 is 2.95 bits per heavy atom.